The van der Waals surface area contributed by atoms with Gasteiger partial charge in [0.15, 0.2) is 0 Å². The third-order valence-corrected chi connectivity index (χ3v) is 5.19. The maximum Gasteiger partial charge on any atom is 0.227 e. The Balaban J connectivity index is 1.36. The molecule has 7 nitrogen and oxygen atoms in total. The third-order valence-electron chi connectivity index (χ3n) is 5.19. The summed E-state index contributed by atoms with van der Waals surface area (Å²) >= 11 is 0. The van der Waals surface area contributed by atoms with E-state index in [1.54, 1.807) is 18.6 Å². The second-order valence-electron chi connectivity index (χ2n) is 7.60. The Hall–Kier alpha value is -4.41. The van der Waals surface area contributed by atoms with Crippen LogP contribution in [0.25, 0.3) is 10.9 Å². The molecule has 0 radical (unpaired) electrons. The van der Waals surface area contributed by atoms with E-state index in [0.29, 0.717) is 23.9 Å². The number of pyridine rings is 1. The number of nitrogens with one attached hydrogen (secondary N) is 2. The molecule has 1 aliphatic heterocycles. The van der Waals surface area contributed by atoms with Gasteiger partial charge in [-0.05, 0) is 29.8 Å². The lowest BCUT2D eigenvalue weighted by Crippen LogP contribution is -2.27. The molecule has 0 saturated heterocycles. The predicted molar refractivity (Wildman–Crippen MR) is 128 cm³/mol. The van der Waals surface area contributed by atoms with Crippen molar-refractivity contribution in [2.24, 2.45) is 0 Å². The molecule has 1 aliphatic rings. The van der Waals surface area contributed by atoms with Crippen molar-refractivity contribution < 1.29 is 4.74 Å². The summed E-state index contributed by atoms with van der Waals surface area (Å²) in [4.78, 5) is 13.3. The highest BCUT2D eigenvalue weighted by molar-refractivity contribution is 5.83. The first-order valence-corrected chi connectivity index (χ1v) is 10.6. The van der Waals surface area contributed by atoms with Gasteiger partial charge < -0.3 is 15.1 Å². The van der Waals surface area contributed by atoms with Gasteiger partial charge in [-0.25, -0.2) is 15.4 Å². The molecule has 0 atom stereocenters. The van der Waals surface area contributed by atoms with Gasteiger partial charge in [0, 0.05) is 54.0 Å². The van der Waals surface area contributed by atoms with Gasteiger partial charge in [-0.3, -0.25) is 4.98 Å². The van der Waals surface area contributed by atoms with Crippen molar-refractivity contribution >= 4 is 22.5 Å². The lowest BCUT2D eigenvalue weighted by Gasteiger charge is -2.16. The normalized spacial score (nSPS) is 12.6. The smallest absolute Gasteiger partial charge is 0.227 e. The highest BCUT2D eigenvalue weighted by Crippen LogP contribution is 2.26. The molecule has 0 saturated carbocycles. The maximum atomic E-state index is 5.98. The summed E-state index contributed by atoms with van der Waals surface area (Å²) in [7, 11) is 0. The predicted octanol–water partition coefficient (Wildman–Crippen LogP) is 4.16. The van der Waals surface area contributed by atoms with Crippen LogP contribution in [0.4, 0.5) is 11.6 Å². The van der Waals surface area contributed by atoms with E-state index < -0.39 is 0 Å². The number of hydrogen-bond donors (Lipinski definition) is 2. The van der Waals surface area contributed by atoms with Gasteiger partial charge in [0.1, 0.15) is 12.4 Å². The zero-order chi connectivity index (χ0) is 22.5. The average molecular weight is 435 g/mol. The van der Waals surface area contributed by atoms with Crippen molar-refractivity contribution in [3.8, 4) is 18.1 Å². The minimum absolute atomic E-state index is 0.373. The van der Waals surface area contributed by atoms with E-state index in [1.165, 1.54) is 5.56 Å². The Morgan fingerprint density at radius 2 is 2.06 bits per heavy atom. The van der Waals surface area contributed by atoms with Crippen molar-refractivity contribution in [3.05, 3.63) is 96.1 Å². The molecule has 0 aliphatic carbocycles. The van der Waals surface area contributed by atoms with Crippen molar-refractivity contribution in [1.29, 1.82) is 0 Å². The molecule has 0 fully saturated rings. The highest BCUT2D eigenvalue weighted by Gasteiger charge is 2.09. The lowest BCUT2D eigenvalue weighted by molar-refractivity contribution is 0.299. The molecule has 0 unspecified atom stereocenters. The number of benzene rings is 2. The Morgan fingerprint density at radius 3 is 2.88 bits per heavy atom. The molecule has 162 valence electrons. The molecule has 2 aromatic carbocycles. The molecule has 0 spiro atoms. The fourth-order valence-corrected chi connectivity index (χ4v) is 3.58. The summed E-state index contributed by atoms with van der Waals surface area (Å²) in [6.45, 7) is 2.01. The Morgan fingerprint density at radius 1 is 1.12 bits per heavy atom. The zero-order valence-electron chi connectivity index (χ0n) is 17.9. The van der Waals surface area contributed by atoms with Crippen LogP contribution in [0.15, 0.2) is 79.4 Å². The summed E-state index contributed by atoms with van der Waals surface area (Å²) < 4.78 is 5.98. The van der Waals surface area contributed by atoms with Crippen LogP contribution in [0.3, 0.4) is 0 Å². The second-order valence-corrected chi connectivity index (χ2v) is 7.60. The van der Waals surface area contributed by atoms with E-state index >= 15 is 0 Å². The standard InChI is InChI=1S/C26H22N6O/c1-2-21-13-22-16-28-26(30-23-8-3-6-19(12-23)17-32-11-5-10-29-32)31-24(22)14-25(21)33-18-20-7-4-9-27-15-20/h1,3-9,11-16,29H,10,17-18H2,(H,28,30,31). The summed E-state index contributed by atoms with van der Waals surface area (Å²) in [5.41, 5.74) is 7.74. The van der Waals surface area contributed by atoms with Crippen molar-refractivity contribution in [2.75, 3.05) is 11.9 Å². The molecule has 2 aromatic heterocycles. The highest BCUT2D eigenvalue weighted by atomic mass is 16.5. The molecule has 0 amide bonds. The molecule has 7 heteroatoms. The Kier molecular flexibility index (Phi) is 5.83. The SMILES string of the molecule is C#Cc1cc2cnc(Nc3cccc(CN4C=CCN4)c3)nc2cc1OCc1cccnc1. The quantitative estimate of drug-likeness (QED) is 0.423. The van der Waals surface area contributed by atoms with Crippen LogP contribution >= 0.6 is 0 Å². The number of anilines is 2. The number of ether oxygens (including phenoxy) is 1. The molecular weight excluding hydrogens is 412 g/mol. The number of terminal acetylenes is 1. The number of fused-ring (bicyclic) bond motifs is 1. The molecule has 5 rings (SSSR count). The fourth-order valence-electron chi connectivity index (χ4n) is 3.58. The van der Waals surface area contributed by atoms with E-state index in [0.717, 1.165) is 35.2 Å². The lowest BCUT2D eigenvalue weighted by atomic mass is 10.1. The molecule has 2 N–H and O–H groups in total. The molecular formula is C26H22N6O. The largest absolute Gasteiger partial charge is 0.487 e. The van der Waals surface area contributed by atoms with Gasteiger partial charge in [0.05, 0.1) is 17.6 Å². The van der Waals surface area contributed by atoms with E-state index in [2.05, 4.69) is 54.8 Å². The zero-order valence-corrected chi connectivity index (χ0v) is 17.9. The Bertz CT molecular complexity index is 1350. The van der Waals surface area contributed by atoms with Gasteiger partial charge in [-0.15, -0.1) is 6.42 Å². The fraction of sp³-hybridized carbons (Fsp3) is 0.115. The van der Waals surface area contributed by atoms with Crippen molar-refractivity contribution in [1.82, 2.24) is 25.4 Å². The monoisotopic (exact) mass is 434 g/mol. The number of aromatic nitrogens is 3. The Labute approximate surface area is 192 Å². The van der Waals surface area contributed by atoms with Gasteiger partial charge in [0.25, 0.3) is 0 Å². The van der Waals surface area contributed by atoms with Crippen LogP contribution in [0.5, 0.6) is 5.75 Å². The first-order valence-electron chi connectivity index (χ1n) is 10.6. The third kappa shape index (κ3) is 4.92. The number of nitrogens with zero attached hydrogens (tertiary/aromatic N) is 4. The summed E-state index contributed by atoms with van der Waals surface area (Å²) in [5, 5.41) is 6.21. The molecule has 33 heavy (non-hydrogen) atoms. The van der Waals surface area contributed by atoms with E-state index in [4.69, 9.17) is 11.2 Å². The minimum atomic E-state index is 0.373. The van der Waals surface area contributed by atoms with Crippen LogP contribution in [0.2, 0.25) is 0 Å². The van der Waals surface area contributed by atoms with Crippen molar-refractivity contribution in [3.63, 3.8) is 0 Å². The van der Waals surface area contributed by atoms with Crippen LogP contribution in [-0.4, -0.2) is 26.5 Å². The van der Waals surface area contributed by atoms with Gasteiger partial charge in [0.2, 0.25) is 5.95 Å². The van der Waals surface area contributed by atoms with E-state index in [-0.39, 0.29) is 0 Å². The van der Waals surface area contributed by atoms with Gasteiger partial charge >= 0.3 is 0 Å². The van der Waals surface area contributed by atoms with Crippen LogP contribution < -0.4 is 15.5 Å². The van der Waals surface area contributed by atoms with Crippen LogP contribution in [-0.2, 0) is 13.2 Å². The summed E-state index contributed by atoms with van der Waals surface area (Å²) in [6, 6.07) is 15.7. The minimum Gasteiger partial charge on any atom is -0.487 e. The molecule has 3 heterocycles. The second kappa shape index (κ2) is 9.39. The first-order chi connectivity index (χ1) is 16.3. The number of rotatable bonds is 7. The van der Waals surface area contributed by atoms with E-state index in [1.807, 2.05) is 42.6 Å². The number of hydrogen-bond acceptors (Lipinski definition) is 7. The summed E-state index contributed by atoms with van der Waals surface area (Å²) in [5.74, 6) is 3.80. The molecule has 0 bridgehead atoms. The average Bonchev–Trinajstić information content (AvgIpc) is 3.36. The first kappa shape index (κ1) is 20.5. The maximum absolute atomic E-state index is 5.98. The van der Waals surface area contributed by atoms with Crippen LogP contribution in [0, 0.1) is 12.3 Å². The van der Waals surface area contributed by atoms with E-state index in [9.17, 15) is 0 Å². The molecule has 4 aromatic rings. The van der Waals surface area contributed by atoms with Gasteiger partial charge in [-0.2, -0.15) is 0 Å². The summed E-state index contributed by atoms with van der Waals surface area (Å²) in [6.07, 6.45) is 15.1. The van der Waals surface area contributed by atoms with Crippen LogP contribution in [0.1, 0.15) is 16.7 Å². The van der Waals surface area contributed by atoms with Crippen molar-refractivity contribution in [2.45, 2.75) is 13.2 Å². The number of hydrazine groups is 1. The van der Waals surface area contributed by atoms with Gasteiger partial charge in [-0.1, -0.05) is 30.2 Å². The topological polar surface area (TPSA) is 75.2 Å².